The van der Waals surface area contributed by atoms with Gasteiger partial charge in [-0.15, -0.1) is 0 Å². The van der Waals surface area contributed by atoms with Crippen LogP contribution in [0.4, 0.5) is 0 Å². The highest BCUT2D eigenvalue weighted by molar-refractivity contribution is 4.82. The van der Waals surface area contributed by atoms with Crippen molar-refractivity contribution in [2.75, 3.05) is 13.2 Å². The van der Waals surface area contributed by atoms with Gasteiger partial charge in [0.2, 0.25) is 0 Å². The van der Waals surface area contributed by atoms with Gasteiger partial charge in [-0.05, 0) is 6.42 Å². The van der Waals surface area contributed by atoms with E-state index in [-0.39, 0.29) is 6.61 Å². The molecule has 78 valence electrons. The molecule has 3 N–H and O–H groups in total. The summed E-state index contributed by atoms with van der Waals surface area (Å²) in [7, 11) is 0. The van der Waals surface area contributed by atoms with Gasteiger partial charge in [-0.1, -0.05) is 6.92 Å². The normalized spacial score (nSPS) is 40.6. The van der Waals surface area contributed by atoms with Gasteiger partial charge < -0.3 is 24.8 Å². The van der Waals surface area contributed by atoms with Gasteiger partial charge >= 0.3 is 0 Å². The summed E-state index contributed by atoms with van der Waals surface area (Å²) in [4.78, 5) is 0. The molecule has 1 saturated heterocycles. The van der Waals surface area contributed by atoms with Crippen LogP contribution in [0.15, 0.2) is 0 Å². The van der Waals surface area contributed by atoms with Crippen LogP contribution in [0.3, 0.4) is 0 Å². The number of rotatable bonds is 3. The maximum Gasteiger partial charge on any atom is 0.186 e. The quantitative estimate of drug-likeness (QED) is 0.526. The smallest absolute Gasteiger partial charge is 0.186 e. The summed E-state index contributed by atoms with van der Waals surface area (Å²) in [6.07, 6.45) is -3.40. The van der Waals surface area contributed by atoms with Crippen molar-refractivity contribution in [3.63, 3.8) is 0 Å². The highest BCUT2D eigenvalue weighted by Crippen LogP contribution is 2.16. The van der Waals surface area contributed by atoms with E-state index in [1.807, 2.05) is 6.92 Å². The fourth-order valence-electron chi connectivity index (χ4n) is 1.16. The molecule has 5 nitrogen and oxygen atoms in total. The molecule has 0 amide bonds. The average molecular weight is 192 g/mol. The van der Waals surface area contributed by atoms with Crippen molar-refractivity contribution in [1.29, 1.82) is 0 Å². The van der Waals surface area contributed by atoms with Crippen LogP contribution in [0.25, 0.3) is 0 Å². The van der Waals surface area contributed by atoms with E-state index in [1.165, 1.54) is 0 Å². The summed E-state index contributed by atoms with van der Waals surface area (Å²) in [6.45, 7) is 2.39. The number of hydrogen-bond donors (Lipinski definition) is 3. The van der Waals surface area contributed by atoms with Gasteiger partial charge in [0.05, 0.1) is 6.61 Å². The van der Waals surface area contributed by atoms with Crippen molar-refractivity contribution in [3.8, 4) is 0 Å². The molecule has 0 aromatic heterocycles. The molecule has 1 aliphatic heterocycles. The Morgan fingerprint density at radius 2 is 2.00 bits per heavy atom. The van der Waals surface area contributed by atoms with Gasteiger partial charge in [-0.25, -0.2) is 0 Å². The van der Waals surface area contributed by atoms with Crippen molar-refractivity contribution in [1.82, 2.24) is 0 Å². The van der Waals surface area contributed by atoms with E-state index in [4.69, 9.17) is 14.6 Å². The van der Waals surface area contributed by atoms with E-state index in [1.54, 1.807) is 0 Å². The SMILES string of the molecule is CCCO[C@@H]1OC[C@@H](O)[C@@H](O)[C@@H]1O. The Bertz CT molecular complexity index is 149. The lowest BCUT2D eigenvalue weighted by atomic mass is 10.1. The summed E-state index contributed by atoms with van der Waals surface area (Å²) >= 11 is 0. The molecule has 0 spiro atoms. The second-order valence-corrected chi connectivity index (χ2v) is 3.12. The highest BCUT2D eigenvalue weighted by atomic mass is 16.7. The van der Waals surface area contributed by atoms with Gasteiger partial charge in [0.15, 0.2) is 6.29 Å². The van der Waals surface area contributed by atoms with E-state index in [0.29, 0.717) is 6.61 Å². The minimum Gasteiger partial charge on any atom is -0.388 e. The molecule has 13 heavy (non-hydrogen) atoms. The average Bonchev–Trinajstić information content (AvgIpc) is 2.13. The van der Waals surface area contributed by atoms with Crippen LogP contribution < -0.4 is 0 Å². The Morgan fingerprint density at radius 1 is 1.31 bits per heavy atom. The van der Waals surface area contributed by atoms with Crippen LogP contribution >= 0.6 is 0 Å². The Morgan fingerprint density at radius 3 is 2.62 bits per heavy atom. The largest absolute Gasteiger partial charge is 0.388 e. The second kappa shape index (κ2) is 4.88. The molecule has 0 unspecified atom stereocenters. The van der Waals surface area contributed by atoms with Crippen LogP contribution in [-0.2, 0) is 9.47 Å². The summed E-state index contributed by atoms with van der Waals surface area (Å²) in [6, 6.07) is 0. The van der Waals surface area contributed by atoms with Crippen LogP contribution in [0, 0.1) is 0 Å². The Balaban J connectivity index is 2.39. The van der Waals surface area contributed by atoms with Gasteiger partial charge in [0, 0.05) is 6.61 Å². The molecule has 4 atom stereocenters. The summed E-state index contributed by atoms with van der Waals surface area (Å²) in [5, 5.41) is 27.7. The Hall–Kier alpha value is -0.200. The monoisotopic (exact) mass is 192 g/mol. The molecule has 1 rings (SSSR count). The van der Waals surface area contributed by atoms with Crippen LogP contribution in [0.1, 0.15) is 13.3 Å². The zero-order chi connectivity index (χ0) is 9.84. The number of aliphatic hydroxyl groups excluding tert-OH is 3. The lowest BCUT2D eigenvalue weighted by Crippen LogP contribution is -2.53. The highest BCUT2D eigenvalue weighted by Gasteiger charge is 2.37. The van der Waals surface area contributed by atoms with Crippen LogP contribution in [-0.4, -0.2) is 53.1 Å². The minimum atomic E-state index is -1.18. The van der Waals surface area contributed by atoms with Crippen molar-refractivity contribution in [2.24, 2.45) is 0 Å². The summed E-state index contributed by atoms with van der Waals surface area (Å²) in [5.74, 6) is 0. The molecular formula is C8H16O5. The first-order valence-electron chi connectivity index (χ1n) is 4.44. The van der Waals surface area contributed by atoms with Crippen molar-refractivity contribution < 1.29 is 24.8 Å². The number of aliphatic hydroxyl groups is 3. The van der Waals surface area contributed by atoms with Crippen LogP contribution in [0.2, 0.25) is 0 Å². The standard InChI is InChI=1S/C8H16O5/c1-2-3-12-8-7(11)6(10)5(9)4-13-8/h5-11H,2-4H2,1H3/t5-,6-,7+,8-/m1/s1. The second-order valence-electron chi connectivity index (χ2n) is 3.12. The van der Waals surface area contributed by atoms with Crippen molar-refractivity contribution in [3.05, 3.63) is 0 Å². The topological polar surface area (TPSA) is 79.2 Å². The summed E-state index contributed by atoms with van der Waals surface area (Å²) < 4.78 is 10.1. The predicted octanol–water partition coefficient (Wildman–Crippen LogP) is -1.15. The zero-order valence-electron chi connectivity index (χ0n) is 7.59. The maximum atomic E-state index is 9.37. The third kappa shape index (κ3) is 2.62. The van der Waals surface area contributed by atoms with Gasteiger partial charge in [-0.2, -0.15) is 0 Å². The lowest BCUT2D eigenvalue weighted by Gasteiger charge is -2.34. The minimum absolute atomic E-state index is 0.00733. The van der Waals surface area contributed by atoms with Crippen molar-refractivity contribution in [2.45, 2.75) is 37.9 Å². The van der Waals surface area contributed by atoms with Gasteiger partial charge in [0.25, 0.3) is 0 Å². The molecule has 1 aliphatic rings. The summed E-state index contributed by atoms with van der Waals surface area (Å²) in [5.41, 5.74) is 0. The lowest BCUT2D eigenvalue weighted by molar-refractivity contribution is -0.269. The van der Waals surface area contributed by atoms with E-state index in [9.17, 15) is 10.2 Å². The molecule has 0 radical (unpaired) electrons. The molecule has 0 aromatic carbocycles. The van der Waals surface area contributed by atoms with Crippen LogP contribution in [0.5, 0.6) is 0 Å². The molecule has 0 aliphatic carbocycles. The van der Waals surface area contributed by atoms with Gasteiger partial charge in [0.1, 0.15) is 18.3 Å². The Kier molecular flexibility index (Phi) is 4.08. The molecule has 0 saturated carbocycles. The first-order valence-corrected chi connectivity index (χ1v) is 4.44. The molecule has 0 bridgehead atoms. The fourth-order valence-corrected chi connectivity index (χ4v) is 1.16. The zero-order valence-corrected chi connectivity index (χ0v) is 7.59. The number of hydrogen-bond acceptors (Lipinski definition) is 5. The van der Waals surface area contributed by atoms with Gasteiger partial charge in [-0.3, -0.25) is 0 Å². The van der Waals surface area contributed by atoms with E-state index in [2.05, 4.69) is 0 Å². The predicted molar refractivity (Wildman–Crippen MR) is 44.0 cm³/mol. The van der Waals surface area contributed by atoms with E-state index < -0.39 is 24.6 Å². The number of ether oxygens (including phenoxy) is 2. The maximum absolute atomic E-state index is 9.37. The third-order valence-electron chi connectivity index (χ3n) is 1.94. The fraction of sp³-hybridized carbons (Fsp3) is 1.00. The first-order chi connectivity index (χ1) is 6.16. The third-order valence-corrected chi connectivity index (χ3v) is 1.94. The van der Waals surface area contributed by atoms with Crippen molar-refractivity contribution >= 4 is 0 Å². The van der Waals surface area contributed by atoms with E-state index in [0.717, 1.165) is 6.42 Å². The molecule has 1 fully saturated rings. The molecule has 5 heteroatoms. The molecule has 1 heterocycles. The molecular weight excluding hydrogens is 176 g/mol. The van der Waals surface area contributed by atoms with E-state index >= 15 is 0 Å². The Labute approximate surface area is 76.9 Å². The first kappa shape index (κ1) is 10.9. The molecule has 0 aromatic rings.